The molecular weight excluding hydrogens is 212 g/mol. The predicted molar refractivity (Wildman–Crippen MR) is 58.7 cm³/mol. The lowest BCUT2D eigenvalue weighted by Gasteiger charge is -2.22. The lowest BCUT2D eigenvalue weighted by molar-refractivity contribution is -0.145. The molecule has 0 aliphatic rings. The van der Waals surface area contributed by atoms with Crippen LogP contribution in [-0.4, -0.2) is 40.3 Å². The molecule has 0 rings (SSSR count). The minimum Gasteiger partial charge on any atom is -0.480 e. The van der Waals surface area contributed by atoms with Crippen molar-refractivity contribution in [1.82, 2.24) is 5.32 Å². The zero-order valence-corrected chi connectivity index (χ0v) is 9.80. The molecule has 0 aromatic heterocycles. The molecule has 0 spiro atoms. The van der Waals surface area contributed by atoms with Gasteiger partial charge in [0.25, 0.3) is 0 Å². The standard InChI is InChI=1S/C10H20N2O4/c1-4-5(2)7(11)9(14)12-8(6(3)13)10(15)16/h5-8,13H,4,11H2,1-3H3,(H,12,14)(H,15,16)/t5-,6?,7-,8?/m0/s1. The van der Waals surface area contributed by atoms with E-state index in [9.17, 15) is 14.7 Å². The second-order valence-corrected chi connectivity index (χ2v) is 3.98. The summed E-state index contributed by atoms with van der Waals surface area (Å²) in [6.45, 7) is 5.00. The van der Waals surface area contributed by atoms with Gasteiger partial charge in [0.1, 0.15) is 0 Å². The average molecular weight is 232 g/mol. The molecule has 0 aliphatic carbocycles. The molecule has 0 radical (unpaired) electrons. The fraction of sp³-hybridized carbons (Fsp3) is 0.800. The van der Waals surface area contributed by atoms with Gasteiger partial charge in [0.05, 0.1) is 12.1 Å². The van der Waals surface area contributed by atoms with E-state index in [1.54, 1.807) is 0 Å². The van der Waals surface area contributed by atoms with E-state index in [1.165, 1.54) is 6.92 Å². The minimum atomic E-state index is -1.32. The van der Waals surface area contributed by atoms with Gasteiger partial charge in [0.15, 0.2) is 6.04 Å². The van der Waals surface area contributed by atoms with Gasteiger partial charge in [-0.3, -0.25) is 4.79 Å². The van der Waals surface area contributed by atoms with Crippen LogP contribution in [0.2, 0.25) is 0 Å². The van der Waals surface area contributed by atoms with Crippen LogP contribution in [0.1, 0.15) is 27.2 Å². The summed E-state index contributed by atoms with van der Waals surface area (Å²) < 4.78 is 0. The van der Waals surface area contributed by atoms with Crippen LogP contribution in [0.15, 0.2) is 0 Å². The van der Waals surface area contributed by atoms with Gasteiger partial charge in [-0.15, -0.1) is 0 Å². The maximum absolute atomic E-state index is 11.6. The zero-order chi connectivity index (χ0) is 12.9. The number of amides is 1. The number of carbonyl (C=O) groups excluding carboxylic acids is 1. The second kappa shape index (κ2) is 6.44. The molecule has 16 heavy (non-hydrogen) atoms. The lowest BCUT2D eigenvalue weighted by atomic mass is 9.99. The Morgan fingerprint density at radius 1 is 1.38 bits per heavy atom. The largest absolute Gasteiger partial charge is 0.480 e. The number of nitrogens with two attached hydrogens (primary N) is 1. The molecule has 6 heteroatoms. The van der Waals surface area contributed by atoms with Crippen molar-refractivity contribution in [2.45, 2.75) is 45.4 Å². The van der Waals surface area contributed by atoms with Gasteiger partial charge in [-0.1, -0.05) is 20.3 Å². The van der Waals surface area contributed by atoms with Crippen molar-refractivity contribution in [2.75, 3.05) is 0 Å². The molecule has 6 nitrogen and oxygen atoms in total. The van der Waals surface area contributed by atoms with E-state index in [2.05, 4.69) is 5.32 Å². The first-order valence-electron chi connectivity index (χ1n) is 5.28. The number of aliphatic hydroxyl groups excluding tert-OH is 1. The van der Waals surface area contributed by atoms with E-state index in [1.807, 2.05) is 13.8 Å². The Morgan fingerprint density at radius 3 is 2.19 bits per heavy atom. The molecule has 0 aromatic rings. The molecule has 0 bridgehead atoms. The van der Waals surface area contributed by atoms with Crippen molar-refractivity contribution < 1.29 is 19.8 Å². The Morgan fingerprint density at radius 2 is 1.88 bits per heavy atom. The Kier molecular flexibility index (Phi) is 5.98. The van der Waals surface area contributed by atoms with Gasteiger partial charge in [0.2, 0.25) is 5.91 Å². The topological polar surface area (TPSA) is 113 Å². The number of carboxylic acid groups (broad SMARTS) is 1. The summed E-state index contributed by atoms with van der Waals surface area (Å²) in [6.07, 6.45) is -0.438. The first kappa shape index (κ1) is 14.9. The molecule has 2 unspecified atom stereocenters. The van der Waals surface area contributed by atoms with Gasteiger partial charge in [0, 0.05) is 0 Å². The van der Waals surface area contributed by atoms with Gasteiger partial charge >= 0.3 is 5.97 Å². The maximum Gasteiger partial charge on any atom is 0.328 e. The van der Waals surface area contributed by atoms with Crippen molar-refractivity contribution in [2.24, 2.45) is 11.7 Å². The van der Waals surface area contributed by atoms with Crippen molar-refractivity contribution >= 4 is 11.9 Å². The first-order valence-corrected chi connectivity index (χ1v) is 5.28. The third kappa shape index (κ3) is 4.16. The lowest BCUT2D eigenvalue weighted by Crippen LogP contribution is -2.54. The van der Waals surface area contributed by atoms with Crippen LogP contribution in [-0.2, 0) is 9.59 Å². The summed E-state index contributed by atoms with van der Waals surface area (Å²) in [6, 6.07) is -2.08. The van der Waals surface area contributed by atoms with Crippen molar-refractivity contribution in [3.63, 3.8) is 0 Å². The summed E-state index contributed by atoms with van der Waals surface area (Å²) >= 11 is 0. The number of rotatable bonds is 6. The fourth-order valence-electron chi connectivity index (χ4n) is 1.15. The van der Waals surface area contributed by atoms with Crippen molar-refractivity contribution in [3.8, 4) is 0 Å². The molecule has 94 valence electrons. The fourth-order valence-corrected chi connectivity index (χ4v) is 1.15. The predicted octanol–water partition coefficient (Wildman–Crippen LogP) is -0.690. The normalized spacial score (nSPS) is 18.3. The van der Waals surface area contributed by atoms with E-state index in [-0.39, 0.29) is 5.92 Å². The Bertz CT molecular complexity index is 255. The van der Waals surface area contributed by atoms with E-state index >= 15 is 0 Å². The summed E-state index contributed by atoms with van der Waals surface area (Å²) in [5, 5.41) is 20.1. The van der Waals surface area contributed by atoms with Crippen molar-refractivity contribution in [3.05, 3.63) is 0 Å². The molecule has 1 amide bonds. The Labute approximate surface area is 94.8 Å². The number of aliphatic hydroxyl groups is 1. The minimum absolute atomic E-state index is 0.0385. The second-order valence-electron chi connectivity index (χ2n) is 3.98. The summed E-state index contributed by atoms with van der Waals surface area (Å²) in [5.74, 6) is -1.87. The van der Waals surface area contributed by atoms with E-state index in [0.717, 1.165) is 6.42 Å². The molecule has 0 heterocycles. The number of carbonyl (C=O) groups is 2. The van der Waals surface area contributed by atoms with E-state index < -0.39 is 30.1 Å². The quantitative estimate of drug-likeness (QED) is 0.484. The Balaban J connectivity index is 4.46. The van der Waals surface area contributed by atoms with Gasteiger partial charge in [-0.25, -0.2) is 4.79 Å². The van der Waals surface area contributed by atoms with Crippen LogP contribution in [0.25, 0.3) is 0 Å². The molecule has 4 atom stereocenters. The van der Waals surface area contributed by atoms with Gasteiger partial charge < -0.3 is 21.3 Å². The highest BCUT2D eigenvalue weighted by Crippen LogP contribution is 2.06. The highest BCUT2D eigenvalue weighted by atomic mass is 16.4. The molecular formula is C10H20N2O4. The number of carboxylic acids is 1. The third-order valence-electron chi connectivity index (χ3n) is 2.61. The highest BCUT2D eigenvalue weighted by molar-refractivity contribution is 5.87. The molecule has 0 saturated carbocycles. The van der Waals surface area contributed by atoms with Crippen LogP contribution >= 0.6 is 0 Å². The summed E-state index contributed by atoms with van der Waals surface area (Å²) in [5.41, 5.74) is 5.63. The number of hydrogen-bond donors (Lipinski definition) is 4. The summed E-state index contributed by atoms with van der Waals surface area (Å²) in [4.78, 5) is 22.3. The number of hydrogen-bond acceptors (Lipinski definition) is 4. The highest BCUT2D eigenvalue weighted by Gasteiger charge is 2.28. The van der Waals surface area contributed by atoms with Gasteiger partial charge in [-0.05, 0) is 12.8 Å². The van der Waals surface area contributed by atoms with Crippen LogP contribution < -0.4 is 11.1 Å². The average Bonchev–Trinajstić information content (AvgIpc) is 2.22. The summed E-state index contributed by atoms with van der Waals surface area (Å²) in [7, 11) is 0. The number of aliphatic carboxylic acids is 1. The van der Waals surface area contributed by atoms with Crippen LogP contribution in [0, 0.1) is 5.92 Å². The van der Waals surface area contributed by atoms with Crippen LogP contribution in [0.4, 0.5) is 0 Å². The van der Waals surface area contributed by atoms with E-state index in [0.29, 0.717) is 0 Å². The first-order chi connectivity index (χ1) is 7.31. The SMILES string of the molecule is CC[C@H](C)[C@H](N)C(=O)NC(C(=O)O)C(C)O. The smallest absolute Gasteiger partial charge is 0.328 e. The van der Waals surface area contributed by atoms with Crippen molar-refractivity contribution in [1.29, 1.82) is 0 Å². The van der Waals surface area contributed by atoms with Crippen LogP contribution in [0.3, 0.4) is 0 Å². The maximum atomic E-state index is 11.6. The molecule has 0 saturated heterocycles. The Hall–Kier alpha value is -1.14. The van der Waals surface area contributed by atoms with Crippen LogP contribution in [0.5, 0.6) is 0 Å². The molecule has 0 aliphatic heterocycles. The molecule has 5 N–H and O–H groups in total. The molecule has 0 aromatic carbocycles. The van der Waals surface area contributed by atoms with E-state index in [4.69, 9.17) is 10.8 Å². The van der Waals surface area contributed by atoms with Gasteiger partial charge in [-0.2, -0.15) is 0 Å². The monoisotopic (exact) mass is 232 g/mol. The number of nitrogens with one attached hydrogen (secondary N) is 1. The third-order valence-corrected chi connectivity index (χ3v) is 2.61. The molecule has 0 fully saturated rings. The zero-order valence-electron chi connectivity index (χ0n) is 9.80.